The van der Waals surface area contributed by atoms with Crippen LogP contribution in [0.2, 0.25) is 0 Å². The van der Waals surface area contributed by atoms with Crippen molar-refractivity contribution >= 4 is 5.97 Å². The lowest BCUT2D eigenvalue weighted by molar-refractivity contribution is -0.203. The first-order chi connectivity index (χ1) is 14.7. The van der Waals surface area contributed by atoms with Crippen LogP contribution >= 0.6 is 0 Å². The summed E-state index contributed by atoms with van der Waals surface area (Å²) in [5, 5.41) is 22.2. The third-order valence-electron chi connectivity index (χ3n) is 11.2. The van der Waals surface area contributed by atoms with E-state index in [0.29, 0.717) is 47.8 Å². The summed E-state index contributed by atoms with van der Waals surface area (Å²) >= 11 is 0. The van der Waals surface area contributed by atoms with E-state index in [4.69, 9.17) is 4.74 Å². The molecule has 31 heavy (non-hydrogen) atoms. The van der Waals surface area contributed by atoms with Crippen LogP contribution < -0.4 is 0 Å². The predicted octanol–water partition coefficient (Wildman–Crippen LogP) is 5.20. The van der Waals surface area contributed by atoms with Crippen molar-refractivity contribution in [2.24, 2.45) is 52.3 Å². The van der Waals surface area contributed by atoms with Gasteiger partial charge in [-0.15, -0.1) is 0 Å². The summed E-state index contributed by atoms with van der Waals surface area (Å²) in [7, 11) is 1.48. The average Bonchev–Trinajstić information content (AvgIpc) is 3.10. The Morgan fingerprint density at radius 3 is 2.39 bits per heavy atom. The van der Waals surface area contributed by atoms with Gasteiger partial charge in [0, 0.05) is 6.42 Å². The van der Waals surface area contributed by atoms with E-state index in [2.05, 4.69) is 27.7 Å². The molecule has 4 rings (SSSR count). The van der Waals surface area contributed by atoms with Crippen molar-refractivity contribution in [3.63, 3.8) is 0 Å². The van der Waals surface area contributed by atoms with E-state index in [-0.39, 0.29) is 29.0 Å². The van der Waals surface area contributed by atoms with Gasteiger partial charge in [-0.1, -0.05) is 34.1 Å². The second kappa shape index (κ2) is 8.63. The lowest BCUT2D eigenvalue weighted by atomic mass is 9.41. The Hall–Kier alpha value is -0.610. The zero-order valence-electron chi connectivity index (χ0n) is 20.5. The standard InChI is InChI=1S/C27H46O4/c1-6-18-22-15-17(28)11-13-27(22,4)21-12-14-26(3)19(16(2)7-10-23(29)31-5)8-9-20(26)24(21)25(18)30/h16-22,24-25,28,30H,6-15H2,1-5H3/t16-,17-,18-,19-,20+,21+,22?,24?,25-,26-,27-/m1/s1. The van der Waals surface area contributed by atoms with Gasteiger partial charge in [-0.25, -0.2) is 0 Å². The Morgan fingerprint density at radius 1 is 1.03 bits per heavy atom. The zero-order chi connectivity index (χ0) is 22.6. The number of ether oxygens (including phenoxy) is 1. The first-order valence-electron chi connectivity index (χ1n) is 13.1. The highest BCUT2D eigenvalue weighted by atomic mass is 16.5. The molecule has 178 valence electrons. The monoisotopic (exact) mass is 434 g/mol. The van der Waals surface area contributed by atoms with Crippen molar-refractivity contribution in [2.75, 3.05) is 7.11 Å². The molecule has 0 aromatic rings. The quantitative estimate of drug-likeness (QED) is 0.584. The molecule has 0 bridgehead atoms. The van der Waals surface area contributed by atoms with Crippen LogP contribution in [-0.2, 0) is 9.53 Å². The number of rotatable bonds is 5. The molecule has 2 N–H and O–H groups in total. The number of methoxy groups -OCH3 is 1. The SMILES string of the molecule is CC[C@@H]1C2C[C@H](O)CC[C@]2(C)[C@H]2CC[C@]3(C)[C@@H]([C@H](C)CCC(=O)OC)CC[C@H]3C2[C@@H]1O. The maximum absolute atomic E-state index is 11.8. The number of fused-ring (bicyclic) bond motifs is 5. The molecule has 0 spiro atoms. The number of aliphatic hydroxyl groups excluding tert-OH is 2. The molecule has 4 nitrogen and oxygen atoms in total. The molecule has 0 aromatic carbocycles. The molecule has 11 atom stereocenters. The molecule has 2 unspecified atom stereocenters. The molecular formula is C27H46O4. The van der Waals surface area contributed by atoms with Crippen molar-refractivity contribution in [3.8, 4) is 0 Å². The fourth-order valence-electron chi connectivity index (χ4n) is 9.58. The fourth-order valence-corrected chi connectivity index (χ4v) is 9.58. The smallest absolute Gasteiger partial charge is 0.305 e. The van der Waals surface area contributed by atoms with Crippen LogP contribution in [-0.4, -0.2) is 35.5 Å². The van der Waals surface area contributed by atoms with Crippen molar-refractivity contribution in [3.05, 3.63) is 0 Å². The van der Waals surface area contributed by atoms with Gasteiger partial charge in [0.2, 0.25) is 0 Å². The second-order valence-electron chi connectivity index (χ2n) is 12.2. The minimum absolute atomic E-state index is 0.0952. The van der Waals surface area contributed by atoms with E-state index in [0.717, 1.165) is 32.1 Å². The third kappa shape index (κ3) is 3.68. The molecule has 0 heterocycles. The molecule has 4 saturated carbocycles. The molecule has 0 saturated heterocycles. The van der Waals surface area contributed by atoms with Gasteiger partial charge in [0.1, 0.15) is 0 Å². The van der Waals surface area contributed by atoms with E-state index in [1.807, 2.05) is 0 Å². The van der Waals surface area contributed by atoms with Crippen molar-refractivity contribution < 1.29 is 19.7 Å². The summed E-state index contributed by atoms with van der Waals surface area (Å²) in [6.45, 7) is 9.58. The largest absolute Gasteiger partial charge is 0.469 e. The van der Waals surface area contributed by atoms with Crippen LogP contribution in [0.15, 0.2) is 0 Å². The van der Waals surface area contributed by atoms with Gasteiger partial charge in [0.25, 0.3) is 0 Å². The lowest BCUT2D eigenvalue weighted by Gasteiger charge is -2.64. The molecular weight excluding hydrogens is 388 g/mol. The zero-order valence-corrected chi connectivity index (χ0v) is 20.5. The maximum atomic E-state index is 11.8. The summed E-state index contributed by atoms with van der Waals surface area (Å²) in [6, 6.07) is 0. The molecule has 4 aliphatic rings. The normalized spacial score (nSPS) is 50.2. The van der Waals surface area contributed by atoms with E-state index >= 15 is 0 Å². The Kier molecular flexibility index (Phi) is 6.55. The molecule has 0 aromatic heterocycles. The van der Waals surface area contributed by atoms with Crippen molar-refractivity contribution in [2.45, 2.75) is 104 Å². The number of hydrogen-bond acceptors (Lipinski definition) is 4. The first kappa shape index (κ1) is 23.5. The van der Waals surface area contributed by atoms with Gasteiger partial charge in [-0.3, -0.25) is 4.79 Å². The first-order valence-corrected chi connectivity index (χ1v) is 13.1. The Morgan fingerprint density at radius 2 is 1.71 bits per heavy atom. The van der Waals surface area contributed by atoms with Gasteiger partial charge < -0.3 is 14.9 Å². The van der Waals surface area contributed by atoms with Crippen LogP contribution in [0.4, 0.5) is 0 Å². The van der Waals surface area contributed by atoms with Crippen molar-refractivity contribution in [1.29, 1.82) is 0 Å². The minimum Gasteiger partial charge on any atom is -0.469 e. The van der Waals surface area contributed by atoms with Gasteiger partial charge in [-0.2, -0.15) is 0 Å². The molecule has 4 heteroatoms. The Labute approximate surface area is 189 Å². The topological polar surface area (TPSA) is 66.8 Å². The van der Waals surface area contributed by atoms with Gasteiger partial charge in [-0.05, 0) is 104 Å². The highest BCUT2D eigenvalue weighted by Crippen LogP contribution is 2.69. The van der Waals surface area contributed by atoms with Gasteiger partial charge in [0.05, 0.1) is 19.3 Å². The summed E-state index contributed by atoms with van der Waals surface area (Å²) in [5.41, 5.74) is 0.535. The predicted molar refractivity (Wildman–Crippen MR) is 122 cm³/mol. The van der Waals surface area contributed by atoms with Crippen LogP contribution in [0.25, 0.3) is 0 Å². The Balaban J connectivity index is 1.58. The summed E-state index contributed by atoms with van der Waals surface area (Å²) < 4.78 is 4.88. The van der Waals surface area contributed by atoms with Crippen LogP contribution in [0.1, 0.15) is 91.9 Å². The summed E-state index contributed by atoms with van der Waals surface area (Å²) in [5.74, 6) is 3.41. The number of esters is 1. The average molecular weight is 435 g/mol. The Bertz CT molecular complexity index is 664. The number of hydrogen-bond donors (Lipinski definition) is 2. The van der Waals surface area contributed by atoms with Gasteiger partial charge in [0.15, 0.2) is 0 Å². The summed E-state index contributed by atoms with van der Waals surface area (Å²) in [6.07, 6.45) is 9.87. The molecule has 0 amide bonds. The number of aliphatic hydroxyl groups is 2. The molecule has 0 radical (unpaired) electrons. The van der Waals surface area contributed by atoms with E-state index in [1.54, 1.807) is 0 Å². The third-order valence-corrected chi connectivity index (χ3v) is 11.2. The number of carbonyl (C=O) groups excluding carboxylic acids is 1. The summed E-state index contributed by atoms with van der Waals surface area (Å²) in [4.78, 5) is 11.7. The van der Waals surface area contributed by atoms with Crippen LogP contribution in [0.3, 0.4) is 0 Å². The van der Waals surface area contributed by atoms with Crippen LogP contribution in [0.5, 0.6) is 0 Å². The molecule has 4 aliphatic carbocycles. The van der Waals surface area contributed by atoms with E-state index in [1.165, 1.54) is 32.8 Å². The number of carbonyl (C=O) groups is 1. The molecule has 4 fully saturated rings. The second-order valence-corrected chi connectivity index (χ2v) is 12.2. The van der Waals surface area contributed by atoms with E-state index in [9.17, 15) is 15.0 Å². The molecule has 0 aliphatic heterocycles. The van der Waals surface area contributed by atoms with Crippen molar-refractivity contribution in [1.82, 2.24) is 0 Å². The fraction of sp³-hybridized carbons (Fsp3) is 0.963. The van der Waals surface area contributed by atoms with Crippen LogP contribution in [0, 0.1) is 52.3 Å². The highest BCUT2D eigenvalue weighted by molar-refractivity contribution is 5.69. The van der Waals surface area contributed by atoms with E-state index < -0.39 is 0 Å². The highest BCUT2D eigenvalue weighted by Gasteiger charge is 2.64. The minimum atomic E-state index is -0.230. The lowest BCUT2D eigenvalue weighted by Crippen LogP contribution is -2.62. The maximum Gasteiger partial charge on any atom is 0.305 e. The van der Waals surface area contributed by atoms with Gasteiger partial charge >= 0.3 is 5.97 Å².